The van der Waals surface area contributed by atoms with Crippen molar-refractivity contribution in [2.45, 2.75) is 38.5 Å². The number of nitrogens with zero attached hydrogens (tertiary/aromatic N) is 2. The fourth-order valence-corrected chi connectivity index (χ4v) is 4.15. The molecule has 0 unspecified atom stereocenters. The third-order valence-corrected chi connectivity index (χ3v) is 5.67. The van der Waals surface area contributed by atoms with Crippen LogP contribution in [0.5, 0.6) is 0 Å². The highest BCUT2D eigenvalue weighted by Gasteiger charge is 2.37. The number of carbonyl (C=O) groups excluding carboxylic acids is 2. The number of aliphatic carboxylic acids is 1. The van der Waals surface area contributed by atoms with E-state index in [-0.39, 0.29) is 30.1 Å². The fourth-order valence-electron chi connectivity index (χ4n) is 4.15. The van der Waals surface area contributed by atoms with Crippen molar-refractivity contribution in [2.24, 2.45) is 11.8 Å². The van der Waals surface area contributed by atoms with Gasteiger partial charge in [-0.25, -0.2) is 0 Å². The summed E-state index contributed by atoms with van der Waals surface area (Å²) in [4.78, 5) is 39.6. The quantitative estimate of drug-likeness (QED) is 0.796. The first-order chi connectivity index (χ1) is 13.0. The Hall–Kier alpha value is -2.37. The second kappa shape index (κ2) is 9.02. The van der Waals surface area contributed by atoms with E-state index in [0.717, 1.165) is 25.8 Å². The third-order valence-electron chi connectivity index (χ3n) is 5.67. The Labute approximate surface area is 160 Å². The molecule has 27 heavy (non-hydrogen) atoms. The Morgan fingerprint density at radius 1 is 1.15 bits per heavy atom. The smallest absolute Gasteiger partial charge is 0.303 e. The van der Waals surface area contributed by atoms with E-state index in [4.69, 9.17) is 5.11 Å². The molecule has 0 saturated carbocycles. The number of hydrogen-bond donors (Lipinski definition) is 1. The lowest BCUT2D eigenvalue weighted by Crippen LogP contribution is -2.43. The molecule has 1 aromatic rings. The van der Waals surface area contributed by atoms with Crippen LogP contribution in [-0.4, -0.2) is 58.9 Å². The summed E-state index contributed by atoms with van der Waals surface area (Å²) in [6.45, 7) is 2.49. The number of carboxylic acids is 1. The van der Waals surface area contributed by atoms with Crippen LogP contribution in [0.3, 0.4) is 0 Å². The van der Waals surface area contributed by atoms with E-state index in [0.29, 0.717) is 32.5 Å². The molecular weight excluding hydrogens is 344 g/mol. The highest BCUT2D eigenvalue weighted by atomic mass is 16.4. The third kappa shape index (κ3) is 5.31. The molecule has 2 aliphatic heterocycles. The van der Waals surface area contributed by atoms with Crippen molar-refractivity contribution in [3.63, 3.8) is 0 Å². The Bertz CT molecular complexity index is 676. The largest absolute Gasteiger partial charge is 0.481 e. The van der Waals surface area contributed by atoms with Gasteiger partial charge in [0.1, 0.15) is 0 Å². The zero-order valence-corrected chi connectivity index (χ0v) is 15.7. The van der Waals surface area contributed by atoms with Gasteiger partial charge in [0.25, 0.3) is 0 Å². The molecule has 0 aliphatic carbocycles. The molecule has 0 aromatic heterocycles. The maximum Gasteiger partial charge on any atom is 0.303 e. The molecule has 2 heterocycles. The van der Waals surface area contributed by atoms with E-state index < -0.39 is 5.97 Å². The minimum atomic E-state index is -0.783. The van der Waals surface area contributed by atoms with E-state index >= 15 is 0 Å². The van der Waals surface area contributed by atoms with Gasteiger partial charge in [0.15, 0.2) is 0 Å². The Morgan fingerprint density at radius 2 is 1.93 bits per heavy atom. The number of carboxylic acid groups (broad SMARTS) is 1. The maximum atomic E-state index is 12.9. The molecule has 2 atom stereocenters. The average molecular weight is 372 g/mol. The predicted molar refractivity (Wildman–Crippen MR) is 101 cm³/mol. The van der Waals surface area contributed by atoms with Crippen molar-refractivity contribution >= 4 is 17.8 Å². The molecule has 3 rings (SSSR count). The summed E-state index contributed by atoms with van der Waals surface area (Å²) in [5.41, 5.74) is 1.19. The van der Waals surface area contributed by atoms with Crippen LogP contribution in [0.15, 0.2) is 30.3 Å². The number of benzene rings is 1. The summed E-state index contributed by atoms with van der Waals surface area (Å²) in [6.07, 6.45) is 3.75. The normalized spacial score (nSPS) is 22.9. The Morgan fingerprint density at radius 3 is 2.67 bits per heavy atom. The maximum absolute atomic E-state index is 12.9. The summed E-state index contributed by atoms with van der Waals surface area (Å²) < 4.78 is 0. The van der Waals surface area contributed by atoms with Gasteiger partial charge in [-0.2, -0.15) is 0 Å². The topological polar surface area (TPSA) is 77.9 Å². The lowest BCUT2D eigenvalue weighted by Gasteiger charge is -2.34. The minimum absolute atomic E-state index is 0.0590. The van der Waals surface area contributed by atoms with Gasteiger partial charge in [-0.3, -0.25) is 14.4 Å². The standard InChI is InChI=1S/C21H28N2O4/c24-19-13-18(15-22(19)12-10-16-5-2-1-3-6-16)21(27)23-11-4-7-17(14-23)8-9-20(25)26/h1-3,5-6,17-18H,4,7-15H2,(H,25,26)/t17-,18+/m1/s1. The van der Waals surface area contributed by atoms with Crippen LogP contribution in [0, 0.1) is 11.8 Å². The lowest BCUT2D eigenvalue weighted by atomic mass is 9.92. The summed E-state index contributed by atoms with van der Waals surface area (Å²) in [5, 5.41) is 8.86. The molecule has 2 fully saturated rings. The molecule has 0 radical (unpaired) electrons. The van der Waals surface area contributed by atoms with Crippen LogP contribution in [0.25, 0.3) is 0 Å². The summed E-state index contributed by atoms with van der Waals surface area (Å²) in [5.74, 6) is -0.667. The van der Waals surface area contributed by atoms with E-state index in [1.165, 1.54) is 5.56 Å². The van der Waals surface area contributed by atoms with Gasteiger partial charge in [0.2, 0.25) is 11.8 Å². The minimum Gasteiger partial charge on any atom is -0.481 e. The molecule has 0 bridgehead atoms. The van der Waals surface area contributed by atoms with E-state index in [9.17, 15) is 14.4 Å². The molecule has 2 amide bonds. The molecule has 1 N–H and O–H groups in total. The number of amides is 2. The van der Waals surface area contributed by atoms with E-state index in [1.54, 1.807) is 4.90 Å². The molecule has 0 spiro atoms. The Balaban J connectivity index is 1.50. The van der Waals surface area contributed by atoms with E-state index in [2.05, 4.69) is 0 Å². The first-order valence-electron chi connectivity index (χ1n) is 9.85. The van der Waals surface area contributed by atoms with Crippen molar-refractivity contribution in [3.8, 4) is 0 Å². The van der Waals surface area contributed by atoms with Crippen LogP contribution in [-0.2, 0) is 20.8 Å². The monoisotopic (exact) mass is 372 g/mol. The molecule has 1 aromatic carbocycles. The first kappa shape index (κ1) is 19.4. The second-order valence-corrected chi connectivity index (χ2v) is 7.70. The number of hydrogen-bond acceptors (Lipinski definition) is 3. The van der Waals surface area contributed by atoms with Gasteiger partial charge in [0, 0.05) is 39.0 Å². The number of carbonyl (C=O) groups is 3. The molecular formula is C21H28N2O4. The van der Waals surface area contributed by atoms with Gasteiger partial charge in [-0.15, -0.1) is 0 Å². The fraction of sp³-hybridized carbons (Fsp3) is 0.571. The highest BCUT2D eigenvalue weighted by Crippen LogP contribution is 2.26. The van der Waals surface area contributed by atoms with Crippen LogP contribution in [0.1, 0.15) is 37.7 Å². The van der Waals surface area contributed by atoms with E-state index in [1.807, 2.05) is 35.2 Å². The zero-order chi connectivity index (χ0) is 19.2. The number of likely N-dealkylation sites (tertiary alicyclic amines) is 2. The van der Waals surface area contributed by atoms with Crippen LogP contribution >= 0.6 is 0 Å². The van der Waals surface area contributed by atoms with Crippen LogP contribution < -0.4 is 0 Å². The van der Waals surface area contributed by atoms with Gasteiger partial charge in [0.05, 0.1) is 5.92 Å². The van der Waals surface area contributed by atoms with Crippen molar-refractivity contribution in [3.05, 3.63) is 35.9 Å². The van der Waals surface area contributed by atoms with Gasteiger partial charge >= 0.3 is 5.97 Å². The van der Waals surface area contributed by atoms with Gasteiger partial charge in [-0.05, 0) is 37.2 Å². The summed E-state index contributed by atoms with van der Waals surface area (Å²) >= 11 is 0. The lowest BCUT2D eigenvalue weighted by molar-refractivity contribution is -0.138. The van der Waals surface area contributed by atoms with Crippen LogP contribution in [0.2, 0.25) is 0 Å². The van der Waals surface area contributed by atoms with Crippen molar-refractivity contribution in [1.29, 1.82) is 0 Å². The SMILES string of the molecule is O=C(O)CC[C@H]1CCCN(C(=O)[C@H]2CC(=O)N(CCc3ccccc3)C2)C1. The van der Waals surface area contributed by atoms with Gasteiger partial charge in [-0.1, -0.05) is 30.3 Å². The van der Waals surface area contributed by atoms with Gasteiger partial charge < -0.3 is 14.9 Å². The molecule has 6 heteroatoms. The first-order valence-corrected chi connectivity index (χ1v) is 9.85. The van der Waals surface area contributed by atoms with Crippen LogP contribution in [0.4, 0.5) is 0 Å². The number of rotatable bonds is 7. The second-order valence-electron chi connectivity index (χ2n) is 7.70. The number of piperidine rings is 1. The highest BCUT2D eigenvalue weighted by molar-refractivity contribution is 5.89. The van der Waals surface area contributed by atoms with Crippen molar-refractivity contribution in [1.82, 2.24) is 9.80 Å². The zero-order valence-electron chi connectivity index (χ0n) is 15.7. The Kier molecular flexibility index (Phi) is 6.48. The molecule has 146 valence electrons. The predicted octanol–water partition coefficient (Wildman–Crippen LogP) is 2.18. The molecule has 2 aliphatic rings. The summed E-state index contributed by atoms with van der Waals surface area (Å²) in [7, 11) is 0. The van der Waals surface area contributed by atoms with Crippen molar-refractivity contribution in [2.75, 3.05) is 26.2 Å². The molecule has 6 nitrogen and oxygen atoms in total. The average Bonchev–Trinajstić information content (AvgIpc) is 3.06. The summed E-state index contributed by atoms with van der Waals surface area (Å²) in [6, 6.07) is 10.1. The molecule has 2 saturated heterocycles. The van der Waals surface area contributed by atoms with Crippen molar-refractivity contribution < 1.29 is 19.5 Å².